The topological polar surface area (TPSA) is 109 Å². The first kappa shape index (κ1) is 23.3. The van der Waals surface area contributed by atoms with Gasteiger partial charge in [0.25, 0.3) is 0 Å². The molecule has 5 aromatic rings. The van der Waals surface area contributed by atoms with Gasteiger partial charge in [0.2, 0.25) is 0 Å². The van der Waals surface area contributed by atoms with Crippen molar-refractivity contribution in [1.82, 2.24) is 38.9 Å². The highest BCUT2D eigenvalue weighted by atomic mass is 19.1. The van der Waals surface area contributed by atoms with Crippen molar-refractivity contribution in [2.75, 3.05) is 0 Å². The molecular formula is C24H22F2N8O2. The number of imidazole rings is 1. The Hall–Kier alpha value is -4.45. The van der Waals surface area contributed by atoms with E-state index in [-0.39, 0.29) is 12.1 Å². The summed E-state index contributed by atoms with van der Waals surface area (Å²) in [5, 5.41) is 23.5. The number of rotatable bonds is 8. The van der Waals surface area contributed by atoms with E-state index < -0.39 is 29.0 Å². The maximum Gasteiger partial charge on any atom is 0.333 e. The first-order valence-electron chi connectivity index (χ1n) is 11.1. The second kappa shape index (κ2) is 9.30. The molecule has 3 aromatic heterocycles. The molecule has 0 aliphatic carbocycles. The van der Waals surface area contributed by atoms with Crippen LogP contribution in [0, 0.1) is 11.6 Å². The molecule has 0 aliphatic rings. The van der Waals surface area contributed by atoms with E-state index in [2.05, 4.69) is 20.4 Å². The minimum absolute atomic E-state index is 0.163. The highest BCUT2D eigenvalue weighted by Gasteiger charge is 2.41. The summed E-state index contributed by atoms with van der Waals surface area (Å²) in [7, 11) is 0. The standard InChI is InChI=1S/C24H22F2N8O2/c1-17(24(36,14-32-16-27-15-29-32)21-7-4-19(25)12-22(21)26)33-10-11-34(23(33)35)20-5-2-18(3-6-20)13-31-9-8-28-30-31/h2-12,15-17,36H,13-14H2,1H3/t17-,24+/m1/s1. The highest BCUT2D eigenvalue weighted by molar-refractivity contribution is 5.35. The Balaban J connectivity index is 1.49. The lowest BCUT2D eigenvalue weighted by molar-refractivity contribution is -0.0342. The van der Waals surface area contributed by atoms with Gasteiger partial charge in [-0.15, -0.1) is 5.10 Å². The fourth-order valence-electron chi connectivity index (χ4n) is 4.22. The smallest absolute Gasteiger partial charge is 0.333 e. The molecule has 36 heavy (non-hydrogen) atoms. The van der Waals surface area contributed by atoms with Crippen molar-refractivity contribution in [3.05, 3.63) is 113 Å². The zero-order chi connectivity index (χ0) is 25.3. The molecule has 2 atom stereocenters. The molecule has 0 aliphatic heterocycles. The SMILES string of the molecule is C[C@@H](n1ccn(-c2ccc(Cn3ccnn3)cc2)c1=O)[C@@](O)(Cn1cncn1)c1ccc(F)cc1F. The Morgan fingerprint density at radius 1 is 1.06 bits per heavy atom. The van der Waals surface area contributed by atoms with E-state index in [1.54, 1.807) is 42.3 Å². The van der Waals surface area contributed by atoms with Crippen LogP contribution in [0.4, 0.5) is 8.78 Å². The normalized spacial score (nSPS) is 14.0. The third kappa shape index (κ3) is 4.33. The second-order valence-electron chi connectivity index (χ2n) is 8.44. The predicted octanol–water partition coefficient (Wildman–Crippen LogP) is 2.30. The van der Waals surface area contributed by atoms with Crippen LogP contribution in [0.25, 0.3) is 5.69 Å². The van der Waals surface area contributed by atoms with Crippen LogP contribution in [0.1, 0.15) is 24.1 Å². The lowest BCUT2D eigenvalue weighted by Gasteiger charge is -2.35. The second-order valence-corrected chi connectivity index (χ2v) is 8.44. The first-order valence-corrected chi connectivity index (χ1v) is 11.1. The molecule has 12 heteroatoms. The molecule has 0 fully saturated rings. The molecule has 3 heterocycles. The summed E-state index contributed by atoms with van der Waals surface area (Å²) in [5.41, 5.74) is -0.974. The Morgan fingerprint density at radius 2 is 1.86 bits per heavy atom. The molecule has 0 radical (unpaired) electrons. The van der Waals surface area contributed by atoms with Gasteiger partial charge in [-0.3, -0.25) is 9.13 Å². The van der Waals surface area contributed by atoms with Crippen LogP contribution in [-0.4, -0.2) is 44.0 Å². The van der Waals surface area contributed by atoms with Crippen LogP contribution < -0.4 is 5.69 Å². The van der Waals surface area contributed by atoms with E-state index in [0.29, 0.717) is 18.3 Å². The molecular weight excluding hydrogens is 470 g/mol. The van der Waals surface area contributed by atoms with E-state index in [0.717, 1.165) is 11.6 Å². The van der Waals surface area contributed by atoms with Gasteiger partial charge in [-0.2, -0.15) is 5.10 Å². The van der Waals surface area contributed by atoms with Crippen LogP contribution in [0.2, 0.25) is 0 Å². The van der Waals surface area contributed by atoms with E-state index in [9.17, 15) is 18.7 Å². The van der Waals surface area contributed by atoms with Gasteiger partial charge in [0.05, 0.1) is 31.0 Å². The Labute approximate surface area is 203 Å². The number of nitrogens with zero attached hydrogens (tertiary/aromatic N) is 8. The molecule has 1 N–H and O–H groups in total. The molecule has 2 aromatic carbocycles. The number of hydrogen-bond acceptors (Lipinski definition) is 6. The minimum Gasteiger partial charge on any atom is -0.381 e. The highest BCUT2D eigenvalue weighted by Crippen LogP contribution is 2.36. The Kier molecular flexibility index (Phi) is 6.02. The zero-order valence-corrected chi connectivity index (χ0v) is 19.2. The van der Waals surface area contributed by atoms with Gasteiger partial charge in [-0.1, -0.05) is 23.4 Å². The number of benzene rings is 2. The van der Waals surface area contributed by atoms with Crippen molar-refractivity contribution in [1.29, 1.82) is 0 Å². The van der Waals surface area contributed by atoms with Crippen molar-refractivity contribution in [2.24, 2.45) is 0 Å². The molecule has 0 bridgehead atoms. The Bertz CT molecular complexity index is 1510. The monoisotopic (exact) mass is 492 g/mol. The van der Waals surface area contributed by atoms with Crippen LogP contribution in [0.5, 0.6) is 0 Å². The summed E-state index contributed by atoms with van der Waals surface area (Å²) >= 11 is 0. The van der Waals surface area contributed by atoms with Gasteiger partial charge in [-0.05, 0) is 30.7 Å². The quantitative estimate of drug-likeness (QED) is 0.356. The maximum atomic E-state index is 14.8. The lowest BCUT2D eigenvalue weighted by atomic mass is 9.86. The fourth-order valence-corrected chi connectivity index (χ4v) is 4.22. The Morgan fingerprint density at radius 3 is 2.53 bits per heavy atom. The van der Waals surface area contributed by atoms with E-state index >= 15 is 0 Å². The van der Waals surface area contributed by atoms with Gasteiger partial charge in [0.15, 0.2) is 0 Å². The van der Waals surface area contributed by atoms with E-state index in [1.807, 2.05) is 12.1 Å². The molecule has 5 rings (SSSR count). The summed E-state index contributed by atoms with van der Waals surface area (Å²) < 4.78 is 34.2. The summed E-state index contributed by atoms with van der Waals surface area (Å²) in [4.78, 5) is 17.2. The van der Waals surface area contributed by atoms with E-state index in [1.165, 1.54) is 38.7 Å². The average molecular weight is 492 g/mol. The van der Waals surface area contributed by atoms with Crippen molar-refractivity contribution in [3.8, 4) is 5.69 Å². The van der Waals surface area contributed by atoms with E-state index in [4.69, 9.17) is 0 Å². The van der Waals surface area contributed by atoms with Crippen molar-refractivity contribution >= 4 is 0 Å². The summed E-state index contributed by atoms with van der Waals surface area (Å²) in [6.07, 6.45) is 9.09. The maximum absolute atomic E-state index is 14.8. The van der Waals surface area contributed by atoms with Crippen LogP contribution in [-0.2, 0) is 18.7 Å². The molecule has 0 amide bonds. The van der Waals surface area contributed by atoms with Crippen LogP contribution >= 0.6 is 0 Å². The summed E-state index contributed by atoms with van der Waals surface area (Å²) in [6.45, 7) is 1.91. The van der Waals surface area contributed by atoms with Crippen molar-refractivity contribution < 1.29 is 13.9 Å². The molecule has 0 saturated heterocycles. The molecule has 184 valence electrons. The molecule has 0 spiro atoms. The summed E-state index contributed by atoms with van der Waals surface area (Å²) in [6, 6.07) is 9.32. The van der Waals surface area contributed by atoms with Crippen molar-refractivity contribution in [3.63, 3.8) is 0 Å². The lowest BCUT2D eigenvalue weighted by Crippen LogP contribution is -2.43. The van der Waals surface area contributed by atoms with Crippen molar-refractivity contribution in [2.45, 2.75) is 31.7 Å². The van der Waals surface area contributed by atoms with Crippen LogP contribution in [0.3, 0.4) is 0 Å². The van der Waals surface area contributed by atoms with Gasteiger partial charge in [0, 0.05) is 30.2 Å². The number of halogens is 2. The molecule has 0 unspecified atom stereocenters. The average Bonchev–Trinajstić information content (AvgIpc) is 3.62. The zero-order valence-electron chi connectivity index (χ0n) is 19.2. The van der Waals surface area contributed by atoms with Crippen LogP contribution in [0.15, 0.2) is 84.7 Å². The summed E-state index contributed by atoms with van der Waals surface area (Å²) in [5.74, 6) is -1.71. The molecule has 10 nitrogen and oxygen atoms in total. The number of hydrogen-bond donors (Lipinski definition) is 1. The third-order valence-corrected chi connectivity index (χ3v) is 6.21. The van der Waals surface area contributed by atoms with Gasteiger partial charge in [0.1, 0.15) is 29.9 Å². The molecule has 0 saturated carbocycles. The number of aliphatic hydroxyl groups is 1. The first-order chi connectivity index (χ1) is 17.3. The minimum atomic E-state index is -1.96. The fraction of sp³-hybridized carbons (Fsp3) is 0.208. The van der Waals surface area contributed by atoms with Gasteiger partial charge in [-0.25, -0.2) is 27.9 Å². The largest absolute Gasteiger partial charge is 0.381 e. The van der Waals surface area contributed by atoms with Gasteiger partial charge < -0.3 is 5.11 Å². The third-order valence-electron chi connectivity index (χ3n) is 6.21. The number of aromatic nitrogens is 8. The van der Waals surface area contributed by atoms with Gasteiger partial charge >= 0.3 is 5.69 Å². The predicted molar refractivity (Wildman–Crippen MR) is 124 cm³/mol.